The van der Waals surface area contributed by atoms with Gasteiger partial charge < -0.3 is 16.0 Å². The van der Waals surface area contributed by atoms with Crippen molar-refractivity contribution in [2.75, 3.05) is 19.6 Å². The Morgan fingerprint density at radius 2 is 0.436 bits per heavy atom. The molecule has 1 aliphatic heterocycles. The molecule has 0 saturated carbocycles. The summed E-state index contributed by atoms with van der Waals surface area (Å²) in [6, 6.07) is 0. The number of carbonyl (C=O) groups excluding carboxylic acids is 3. The lowest BCUT2D eigenvalue weighted by molar-refractivity contribution is -0.122. The fourth-order valence-electron chi connectivity index (χ4n) is 5.36. The van der Waals surface area contributed by atoms with Crippen molar-refractivity contribution in [3.63, 3.8) is 0 Å². The molecule has 1 aliphatic rings. The first kappa shape index (κ1) is 35.4. The molecular weight excluding hydrogens is 486 g/mol. The molecule has 0 spiro atoms. The monoisotopic (exact) mass is 549 g/mol. The van der Waals surface area contributed by atoms with Crippen molar-refractivity contribution in [1.29, 1.82) is 0 Å². The summed E-state index contributed by atoms with van der Waals surface area (Å²) in [6.45, 7) is 2.44. The zero-order valence-electron chi connectivity index (χ0n) is 25.4. The quantitative estimate of drug-likeness (QED) is 0.287. The van der Waals surface area contributed by atoms with Crippen molar-refractivity contribution in [2.24, 2.45) is 0 Å². The average molecular weight is 550 g/mol. The van der Waals surface area contributed by atoms with Gasteiger partial charge in [0.25, 0.3) is 0 Å². The topological polar surface area (TPSA) is 87.3 Å². The van der Waals surface area contributed by atoms with Crippen LogP contribution in [0.1, 0.15) is 173 Å². The number of amides is 3. The van der Waals surface area contributed by atoms with Gasteiger partial charge in [-0.15, -0.1) is 0 Å². The molecule has 0 unspecified atom stereocenters. The number of nitrogens with one attached hydrogen (secondary N) is 3. The first-order valence-corrected chi connectivity index (χ1v) is 17.0. The first-order valence-electron chi connectivity index (χ1n) is 17.0. The van der Waals surface area contributed by atoms with Gasteiger partial charge in [0.15, 0.2) is 0 Å². The van der Waals surface area contributed by atoms with E-state index in [1.807, 2.05) is 0 Å². The highest BCUT2D eigenvalue weighted by Crippen LogP contribution is 2.12. The fourth-order valence-corrected chi connectivity index (χ4v) is 5.36. The molecule has 6 nitrogen and oxygen atoms in total. The largest absolute Gasteiger partial charge is 0.356 e. The van der Waals surface area contributed by atoms with E-state index in [1.54, 1.807) is 0 Å². The third-order valence-electron chi connectivity index (χ3n) is 7.96. The number of rotatable bonds is 0. The summed E-state index contributed by atoms with van der Waals surface area (Å²) in [5, 5.41) is 9.25. The molecule has 1 heterocycles. The second-order valence-electron chi connectivity index (χ2n) is 11.8. The minimum Gasteiger partial charge on any atom is -0.356 e. The van der Waals surface area contributed by atoms with Gasteiger partial charge in [0.1, 0.15) is 0 Å². The van der Waals surface area contributed by atoms with Gasteiger partial charge in [0.2, 0.25) is 17.7 Å². The van der Waals surface area contributed by atoms with E-state index in [2.05, 4.69) is 16.0 Å². The Balaban J connectivity index is 2.15. The predicted octanol–water partition coefficient (Wildman–Crippen LogP) is 7.88. The molecule has 3 N–H and O–H groups in total. The molecule has 0 atom stereocenters. The van der Waals surface area contributed by atoms with E-state index in [0.29, 0.717) is 19.3 Å². The molecular formula is C33H63N3O3. The lowest BCUT2D eigenvalue weighted by Gasteiger charge is -2.07. The van der Waals surface area contributed by atoms with Crippen LogP contribution < -0.4 is 16.0 Å². The second kappa shape index (κ2) is 28.0. The Morgan fingerprint density at radius 3 is 0.667 bits per heavy atom. The summed E-state index contributed by atoms with van der Waals surface area (Å²) >= 11 is 0. The minimum atomic E-state index is 0.212. The summed E-state index contributed by atoms with van der Waals surface area (Å²) in [5.41, 5.74) is 0. The third kappa shape index (κ3) is 26.4. The van der Waals surface area contributed by atoms with Crippen LogP contribution in [0.15, 0.2) is 0 Å². The zero-order chi connectivity index (χ0) is 28.1. The van der Waals surface area contributed by atoms with Crippen LogP contribution in [0.3, 0.4) is 0 Å². The van der Waals surface area contributed by atoms with Crippen LogP contribution in [0.4, 0.5) is 0 Å². The fraction of sp³-hybridized carbons (Fsp3) is 0.909. The van der Waals surface area contributed by atoms with E-state index < -0.39 is 0 Å². The van der Waals surface area contributed by atoms with Gasteiger partial charge in [-0.05, 0) is 38.5 Å². The standard InChI is InChI=1S/C33H63N3O3/c37-31-25-19-13-7-1-4-10-16-22-28-34-32(38)26-20-14-8-3-6-12-18-24-30-36-33(39)27-21-15-9-2-5-11-17-23-29-35-31/h1-30H2,(H,34,38)(H,35,37)(H,36,39). The number of hydrogen-bond donors (Lipinski definition) is 3. The lowest BCUT2D eigenvalue weighted by atomic mass is 10.1. The SMILES string of the molecule is O=C1CCCCCCCCCCNC(=O)CCCCCCCCCCNC(=O)CCCCCCCCCCN1. The second-order valence-corrected chi connectivity index (χ2v) is 11.8. The highest BCUT2D eigenvalue weighted by Gasteiger charge is 2.03. The van der Waals surface area contributed by atoms with Gasteiger partial charge in [-0.3, -0.25) is 14.4 Å². The van der Waals surface area contributed by atoms with E-state index in [1.165, 1.54) is 96.3 Å². The maximum atomic E-state index is 12.0. The summed E-state index contributed by atoms with van der Waals surface area (Å²) in [7, 11) is 0. The molecule has 0 radical (unpaired) electrons. The van der Waals surface area contributed by atoms with E-state index in [-0.39, 0.29) is 17.7 Å². The summed E-state index contributed by atoms with van der Waals surface area (Å²) < 4.78 is 0. The molecule has 3 amide bonds. The Bertz CT molecular complexity index is 474. The van der Waals surface area contributed by atoms with Gasteiger partial charge in [-0.25, -0.2) is 0 Å². The summed E-state index contributed by atoms with van der Waals surface area (Å²) in [5.74, 6) is 0.637. The minimum absolute atomic E-state index is 0.212. The van der Waals surface area contributed by atoms with E-state index in [4.69, 9.17) is 0 Å². The van der Waals surface area contributed by atoms with Crippen LogP contribution in [0.25, 0.3) is 0 Å². The van der Waals surface area contributed by atoms with E-state index >= 15 is 0 Å². The van der Waals surface area contributed by atoms with Crippen molar-refractivity contribution in [3.05, 3.63) is 0 Å². The molecule has 1 rings (SSSR count). The van der Waals surface area contributed by atoms with Crippen molar-refractivity contribution < 1.29 is 14.4 Å². The van der Waals surface area contributed by atoms with Crippen LogP contribution in [0.2, 0.25) is 0 Å². The van der Waals surface area contributed by atoms with Crippen LogP contribution in [0.5, 0.6) is 0 Å². The smallest absolute Gasteiger partial charge is 0.219 e. The summed E-state index contributed by atoms with van der Waals surface area (Å²) in [6.07, 6.45) is 30.2. The van der Waals surface area contributed by atoms with Crippen LogP contribution in [-0.4, -0.2) is 37.4 Å². The predicted molar refractivity (Wildman–Crippen MR) is 164 cm³/mol. The molecule has 39 heavy (non-hydrogen) atoms. The maximum absolute atomic E-state index is 12.0. The van der Waals surface area contributed by atoms with E-state index in [9.17, 15) is 14.4 Å². The highest BCUT2D eigenvalue weighted by molar-refractivity contribution is 5.76. The third-order valence-corrected chi connectivity index (χ3v) is 7.96. The van der Waals surface area contributed by atoms with Crippen molar-refractivity contribution >= 4 is 17.7 Å². The summed E-state index contributed by atoms with van der Waals surface area (Å²) in [4.78, 5) is 36.0. The van der Waals surface area contributed by atoms with Gasteiger partial charge in [-0.2, -0.15) is 0 Å². The van der Waals surface area contributed by atoms with Gasteiger partial charge >= 0.3 is 0 Å². The van der Waals surface area contributed by atoms with Gasteiger partial charge in [-0.1, -0.05) is 116 Å². The van der Waals surface area contributed by atoms with Crippen molar-refractivity contribution in [2.45, 2.75) is 173 Å². The van der Waals surface area contributed by atoms with Gasteiger partial charge in [0.05, 0.1) is 0 Å². The Kier molecular flexibility index (Phi) is 25.4. The first-order chi connectivity index (χ1) is 19.2. The normalized spacial score (nSPS) is 22.6. The molecule has 0 aliphatic carbocycles. The molecule has 1 fully saturated rings. The molecule has 0 bridgehead atoms. The Hall–Kier alpha value is -1.59. The Morgan fingerprint density at radius 1 is 0.256 bits per heavy atom. The highest BCUT2D eigenvalue weighted by atomic mass is 16.2. The molecule has 0 aromatic heterocycles. The molecule has 228 valence electrons. The van der Waals surface area contributed by atoms with Crippen LogP contribution in [-0.2, 0) is 14.4 Å². The van der Waals surface area contributed by atoms with E-state index in [0.717, 1.165) is 77.4 Å². The molecule has 6 heteroatoms. The van der Waals surface area contributed by atoms with Crippen molar-refractivity contribution in [1.82, 2.24) is 16.0 Å². The average Bonchev–Trinajstić information content (AvgIpc) is 2.92. The zero-order valence-corrected chi connectivity index (χ0v) is 25.4. The van der Waals surface area contributed by atoms with Crippen molar-refractivity contribution in [3.8, 4) is 0 Å². The Labute approximate surface area is 241 Å². The number of hydrogen-bond acceptors (Lipinski definition) is 3. The van der Waals surface area contributed by atoms with Crippen LogP contribution >= 0.6 is 0 Å². The molecule has 1 saturated heterocycles. The van der Waals surface area contributed by atoms with Gasteiger partial charge in [0, 0.05) is 38.9 Å². The molecule has 0 aromatic rings. The molecule has 0 aromatic carbocycles. The maximum Gasteiger partial charge on any atom is 0.219 e. The lowest BCUT2D eigenvalue weighted by Crippen LogP contribution is -2.24. The van der Waals surface area contributed by atoms with Crippen LogP contribution in [0, 0.1) is 0 Å². The number of carbonyl (C=O) groups is 3.